The van der Waals surface area contributed by atoms with Crippen LogP contribution < -0.4 is 5.43 Å². The molecule has 0 aliphatic carbocycles. The number of hydrazine groups is 1. The molecule has 0 aromatic heterocycles. The van der Waals surface area contributed by atoms with E-state index in [0.717, 1.165) is 12.1 Å². The Bertz CT molecular complexity index is 189. The lowest BCUT2D eigenvalue weighted by atomic mass is 10.5. The Morgan fingerprint density at radius 1 is 1.73 bits per heavy atom. The third kappa shape index (κ3) is 1.32. The van der Waals surface area contributed by atoms with E-state index >= 15 is 0 Å². The summed E-state index contributed by atoms with van der Waals surface area (Å²) in [5, 5.41) is 7.50. The Morgan fingerprint density at radius 3 is 2.73 bits per heavy atom. The zero-order chi connectivity index (χ0) is 8.43. The highest BCUT2D eigenvalue weighted by molar-refractivity contribution is 5.83. The molecule has 0 aromatic carbocycles. The van der Waals surface area contributed by atoms with Crippen molar-refractivity contribution in [1.82, 2.24) is 15.4 Å². The van der Waals surface area contributed by atoms with Crippen molar-refractivity contribution in [3.63, 3.8) is 0 Å². The number of rotatable bonds is 2. The smallest absolute Gasteiger partial charge is 0.186 e. The molecule has 0 spiro atoms. The van der Waals surface area contributed by atoms with Gasteiger partial charge in [0, 0.05) is 14.1 Å². The maximum atomic E-state index is 10.5. The summed E-state index contributed by atoms with van der Waals surface area (Å²) in [4.78, 5) is 10.5. The van der Waals surface area contributed by atoms with Gasteiger partial charge >= 0.3 is 0 Å². The molecule has 1 heterocycles. The number of hydrogen-bond donors (Lipinski definition) is 1. The van der Waals surface area contributed by atoms with E-state index in [9.17, 15) is 4.79 Å². The highest BCUT2D eigenvalue weighted by Crippen LogP contribution is 2.04. The lowest BCUT2D eigenvalue weighted by Crippen LogP contribution is -2.48. The molecule has 1 unspecified atom stereocenters. The lowest BCUT2D eigenvalue weighted by molar-refractivity contribution is -0.115. The second-order valence-electron chi connectivity index (χ2n) is 2.56. The summed E-state index contributed by atoms with van der Waals surface area (Å²) in [5.74, 6) is 0.798. The SMILES string of the molecule is CC1=NNC(C=O)N1N(C)C. The average molecular weight is 156 g/mol. The van der Waals surface area contributed by atoms with Crippen LogP contribution in [-0.4, -0.2) is 42.4 Å². The van der Waals surface area contributed by atoms with Gasteiger partial charge in [-0.3, -0.25) is 15.2 Å². The van der Waals surface area contributed by atoms with E-state index in [2.05, 4.69) is 10.5 Å². The highest BCUT2D eigenvalue weighted by Gasteiger charge is 2.25. The van der Waals surface area contributed by atoms with Gasteiger partial charge in [0.1, 0.15) is 5.84 Å². The van der Waals surface area contributed by atoms with Crippen molar-refractivity contribution < 1.29 is 4.79 Å². The van der Waals surface area contributed by atoms with E-state index in [1.807, 2.05) is 26.0 Å². The highest BCUT2D eigenvalue weighted by atomic mass is 16.1. The fourth-order valence-electron chi connectivity index (χ4n) is 1.09. The molecule has 0 fully saturated rings. The van der Waals surface area contributed by atoms with Gasteiger partial charge in [0.2, 0.25) is 0 Å². The van der Waals surface area contributed by atoms with Crippen LogP contribution in [0.3, 0.4) is 0 Å². The molecule has 0 saturated carbocycles. The monoisotopic (exact) mass is 156 g/mol. The first-order chi connectivity index (χ1) is 5.16. The maximum Gasteiger partial charge on any atom is 0.186 e. The number of carbonyl (C=O) groups excluding carboxylic acids is 1. The van der Waals surface area contributed by atoms with Gasteiger partial charge < -0.3 is 0 Å². The van der Waals surface area contributed by atoms with Gasteiger partial charge in [-0.15, -0.1) is 0 Å². The van der Waals surface area contributed by atoms with E-state index in [0.29, 0.717) is 0 Å². The molecular weight excluding hydrogens is 144 g/mol. The van der Waals surface area contributed by atoms with Gasteiger partial charge in [-0.25, -0.2) is 5.01 Å². The van der Waals surface area contributed by atoms with Crippen LogP contribution in [0.1, 0.15) is 6.92 Å². The van der Waals surface area contributed by atoms with E-state index < -0.39 is 0 Å². The van der Waals surface area contributed by atoms with Gasteiger partial charge in [0.25, 0.3) is 0 Å². The average Bonchev–Trinajstić information content (AvgIpc) is 2.30. The molecule has 0 amide bonds. The zero-order valence-corrected chi connectivity index (χ0v) is 6.90. The fraction of sp³-hybridized carbons (Fsp3) is 0.667. The van der Waals surface area contributed by atoms with Gasteiger partial charge in [0.05, 0.1) is 0 Å². The quantitative estimate of drug-likeness (QED) is 0.533. The molecule has 11 heavy (non-hydrogen) atoms. The number of amidine groups is 1. The number of nitrogens with zero attached hydrogens (tertiary/aromatic N) is 3. The molecule has 1 N–H and O–H groups in total. The van der Waals surface area contributed by atoms with Crippen LogP contribution in [0.4, 0.5) is 0 Å². The van der Waals surface area contributed by atoms with E-state index in [1.54, 1.807) is 5.01 Å². The first-order valence-electron chi connectivity index (χ1n) is 3.38. The topological polar surface area (TPSA) is 47.9 Å². The Labute approximate surface area is 65.6 Å². The van der Waals surface area contributed by atoms with Crippen molar-refractivity contribution in [2.24, 2.45) is 5.10 Å². The number of hydrazone groups is 1. The van der Waals surface area contributed by atoms with Gasteiger partial charge in [-0.1, -0.05) is 0 Å². The second-order valence-corrected chi connectivity index (χ2v) is 2.56. The van der Waals surface area contributed by atoms with E-state index in [-0.39, 0.29) is 6.17 Å². The van der Waals surface area contributed by atoms with Crippen LogP contribution >= 0.6 is 0 Å². The molecule has 1 aliphatic rings. The molecule has 1 rings (SSSR count). The normalized spacial score (nSPS) is 23.5. The Balaban J connectivity index is 2.71. The van der Waals surface area contributed by atoms with E-state index in [1.165, 1.54) is 0 Å². The van der Waals surface area contributed by atoms with Gasteiger partial charge in [-0.05, 0) is 6.92 Å². The van der Waals surface area contributed by atoms with Crippen LogP contribution in [0.25, 0.3) is 0 Å². The van der Waals surface area contributed by atoms with Crippen LogP contribution in [0.2, 0.25) is 0 Å². The lowest BCUT2D eigenvalue weighted by Gasteiger charge is -2.28. The molecule has 0 radical (unpaired) electrons. The Hall–Kier alpha value is -1.10. The molecule has 1 atom stereocenters. The number of aldehydes is 1. The molecule has 5 nitrogen and oxygen atoms in total. The Morgan fingerprint density at radius 2 is 2.36 bits per heavy atom. The van der Waals surface area contributed by atoms with Gasteiger partial charge in [0.15, 0.2) is 12.5 Å². The summed E-state index contributed by atoms with van der Waals surface area (Å²) < 4.78 is 0. The summed E-state index contributed by atoms with van der Waals surface area (Å²) in [6.45, 7) is 1.84. The largest absolute Gasteiger partial charge is 0.299 e. The third-order valence-corrected chi connectivity index (χ3v) is 1.51. The summed E-state index contributed by atoms with van der Waals surface area (Å²) >= 11 is 0. The second kappa shape index (κ2) is 2.87. The standard InChI is InChI=1S/C6H12N4O/c1-5-7-8-6(4-11)10(5)9(2)3/h4,6,8H,1-3H3. The van der Waals surface area contributed by atoms with Crippen LogP contribution in [-0.2, 0) is 4.79 Å². The zero-order valence-electron chi connectivity index (χ0n) is 6.90. The predicted molar refractivity (Wildman–Crippen MR) is 41.6 cm³/mol. The van der Waals surface area contributed by atoms with Crippen LogP contribution in [0.5, 0.6) is 0 Å². The summed E-state index contributed by atoms with van der Waals surface area (Å²) in [7, 11) is 3.73. The number of nitrogens with one attached hydrogen (secondary N) is 1. The first-order valence-corrected chi connectivity index (χ1v) is 3.38. The molecule has 1 aliphatic heterocycles. The molecule has 0 bridgehead atoms. The van der Waals surface area contributed by atoms with Crippen molar-refractivity contribution in [3.05, 3.63) is 0 Å². The summed E-state index contributed by atoms with van der Waals surface area (Å²) in [5.41, 5.74) is 2.69. The fourth-order valence-corrected chi connectivity index (χ4v) is 1.09. The van der Waals surface area contributed by atoms with E-state index in [4.69, 9.17) is 0 Å². The summed E-state index contributed by atoms with van der Waals surface area (Å²) in [6, 6.07) is 0. The van der Waals surface area contributed by atoms with Crippen molar-refractivity contribution in [2.45, 2.75) is 13.1 Å². The number of carbonyl (C=O) groups is 1. The van der Waals surface area contributed by atoms with Crippen molar-refractivity contribution in [3.8, 4) is 0 Å². The first kappa shape index (κ1) is 8.00. The van der Waals surface area contributed by atoms with Gasteiger partial charge in [-0.2, -0.15) is 5.10 Å². The third-order valence-electron chi connectivity index (χ3n) is 1.51. The summed E-state index contributed by atoms with van der Waals surface area (Å²) in [6.07, 6.45) is 0.477. The van der Waals surface area contributed by atoms with Crippen molar-refractivity contribution in [2.75, 3.05) is 14.1 Å². The maximum absolute atomic E-state index is 10.5. The minimum absolute atomic E-state index is 0.343. The molecule has 62 valence electrons. The number of hydrogen-bond acceptors (Lipinski definition) is 5. The predicted octanol–water partition coefficient (Wildman–Crippen LogP) is -0.773. The van der Waals surface area contributed by atoms with Crippen LogP contribution in [0, 0.1) is 0 Å². The van der Waals surface area contributed by atoms with Crippen molar-refractivity contribution in [1.29, 1.82) is 0 Å². The van der Waals surface area contributed by atoms with Crippen molar-refractivity contribution >= 4 is 12.1 Å². The Kier molecular flexibility index (Phi) is 2.09. The minimum Gasteiger partial charge on any atom is -0.299 e. The minimum atomic E-state index is -0.343. The molecule has 0 saturated heterocycles. The molecular formula is C6H12N4O. The van der Waals surface area contributed by atoms with Crippen LogP contribution in [0.15, 0.2) is 5.10 Å². The molecule has 5 heteroatoms. The molecule has 0 aromatic rings.